The molecule has 2 aromatic carbocycles. The molecule has 0 saturated heterocycles. The Bertz CT molecular complexity index is 794. The number of halogens is 1. The number of aliphatic imine (C=N–C) groups is 1. The number of aryl methyl sites for hydroxylation is 1. The van der Waals surface area contributed by atoms with E-state index in [4.69, 9.17) is 0 Å². The normalized spacial score (nSPS) is 14.5. The summed E-state index contributed by atoms with van der Waals surface area (Å²) in [4.78, 5) is 18.8. The van der Waals surface area contributed by atoms with Crippen LogP contribution in [-0.2, 0) is 11.2 Å². The number of hydrogen-bond donors (Lipinski definition) is 2. The second kappa shape index (κ2) is 11.0. The molecule has 1 heterocycles. The summed E-state index contributed by atoms with van der Waals surface area (Å²) in [5.74, 6) is 1.08. The molecule has 0 aromatic heterocycles. The molecule has 150 valence electrons. The summed E-state index contributed by atoms with van der Waals surface area (Å²) in [5.41, 5.74) is 3.56. The lowest BCUT2D eigenvalue weighted by Gasteiger charge is -2.29. The number of benzene rings is 2. The van der Waals surface area contributed by atoms with Crippen molar-refractivity contribution in [2.45, 2.75) is 25.7 Å². The van der Waals surface area contributed by atoms with Gasteiger partial charge in [-0.15, -0.1) is 24.0 Å². The minimum atomic E-state index is 0. The quantitative estimate of drug-likeness (QED) is 0.382. The molecule has 0 aliphatic carbocycles. The fraction of sp³-hybridized carbons (Fsp3) is 0.364. The zero-order valence-corrected chi connectivity index (χ0v) is 18.9. The van der Waals surface area contributed by atoms with E-state index >= 15 is 0 Å². The van der Waals surface area contributed by atoms with Crippen molar-refractivity contribution in [1.29, 1.82) is 0 Å². The monoisotopic (exact) mass is 492 g/mol. The summed E-state index contributed by atoms with van der Waals surface area (Å²) in [6.45, 7) is 3.93. The highest BCUT2D eigenvalue weighted by Gasteiger charge is 2.22. The van der Waals surface area contributed by atoms with Gasteiger partial charge in [0.15, 0.2) is 5.96 Å². The molecule has 2 N–H and O–H groups in total. The van der Waals surface area contributed by atoms with Crippen LogP contribution in [-0.4, -0.2) is 38.5 Å². The predicted molar refractivity (Wildman–Crippen MR) is 127 cm³/mol. The molecule has 1 unspecified atom stereocenters. The zero-order chi connectivity index (χ0) is 19.1. The van der Waals surface area contributed by atoms with Crippen LogP contribution in [0.5, 0.6) is 0 Å². The van der Waals surface area contributed by atoms with Crippen LogP contribution in [0.1, 0.15) is 30.4 Å². The third-order valence-corrected chi connectivity index (χ3v) is 4.99. The lowest BCUT2D eigenvalue weighted by Crippen LogP contribution is -2.46. The predicted octanol–water partition coefficient (Wildman–Crippen LogP) is 3.55. The standard InChI is InChI=1S/C22H28N4O.HI/c1-17(18-9-4-3-5-10-18)15-24-22(23-2)25-16-21(27)26-14-8-12-19-11-6-7-13-20(19)26;/h3-7,9-11,13,17H,8,12,14-16H2,1-2H3,(H2,23,24,25);1H. The maximum absolute atomic E-state index is 12.7. The van der Waals surface area contributed by atoms with E-state index in [1.807, 2.05) is 41.3 Å². The van der Waals surface area contributed by atoms with E-state index in [-0.39, 0.29) is 36.4 Å². The van der Waals surface area contributed by atoms with E-state index < -0.39 is 0 Å². The fourth-order valence-electron chi connectivity index (χ4n) is 3.42. The highest BCUT2D eigenvalue weighted by Crippen LogP contribution is 2.26. The molecule has 3 rings (SSSR count). The van der Waals surface area contributed by atoms with Gasteiger partial charge in [-0.3, -0.25) is 9.79 Å². The summed E-state index contributed by atoms with van der Waals surface area (Å²) in [7, 11) is 1.73. The van der Waals surface area contributed by atoms with Crippen LogP contribution in [0.2, 0.25) is 0 Å². The summed E-state index contributed by atoms with van der Waals surface area (Å²) in [6, 6.07) is 18.5. The van der Waals surface area contributed by atoms with Crippen molar-refractivity contribution in [2.75, 3.05) is 31.6 Å². The largest absolute Gasteiger partial charge is 0.356 e. The van der Waals surface area contributed by atoms with E-state index in [0.29, 0.717) is 11.9 Å². The van der Waals surface area contributed by atoms with Gasteiger partial charge < -0.3 is 15.5 Å². The van der Waals surface area contributed by atoms with Gasteiger partial charge in [0.2, 0.25) is 5.91 Å². The molecule has 1 amide bonds. The van der Waals surface area contributed by atoms with Gasteiger partial charge in [0.1, 0.15) is 0 Å². The van der Waals surface area contributed by atoms with Crippen molar-refractivity contribution >= 4 is 41.5 Å². The van der Waals surface area contributed by atoms with Crippen LogP contribution in [0.25, 0.3) is 0 Å². The van der Waals surface area contributed by atoms with Crippen molar-refractivity contribution in [3.8, 4) is 0 Å². The number of anilines is 1. The lowest BCUT2D eigenvalue weighted by molar-refractivity contribution is -0.117. The van der Waals surface area contributed by atoms with Crippen molar-refractivity contribution in [1.82, 2.24) is 10.6 Å². The highest BCUT2D eigenvalue weighted by molar-refractivity contribution is 14.0. The molecule has 6 heteroatoms. The van der Waals surface area contributed by atoms with Gasteiger partial charge in [-0.05, 0) is 36.0 Å². The molecule has 0 saturated carbocycles. The van der Waals surface area contributed by atoms with Crippen LogP contribution in [0.4, 0.5) is 5.69 Å². The number of carbonyl (C=O) groups is 1. The van der Waals surface area contributed by atoms with Crippen molar-refractivity contribution in [3.63, 3.8) is 0 Å². The molecule has 0 radical (unpaired) electrons. The van der Waals surface area contributed by atoms with Crippen molar-refractivity contribution in [2.24, 2.45) is 4.99 Å². The Morgan fingerprint density at radius 3 is 2.57 bits per heavy atom. The van der Waals surface area contributed by atoms with E-state index in [9.17, 15) is 4.79 Å². The first-order valence-corrected chi connectivity index (χ1v) is 9.56. The molecule has 0 fully saturated rings. The molecule has 28 heavy (non-hydrogen) atoms. The Balaban J connectivity index is 0.00000280. The van der Waals surface area contributed by atoms with Gasteiger partial charge in [0, 0.05) is 25.8 Å². The minimum Gasteiger partial charge on any atom is -0.356 e. The summed E-state index contributed by atoms with van der Waals surface area (Å²) >= 11 is 0. The first-order valence-electron chi connectivity index (χ1n) is 9.56. The van der Waals surface area contributed by atoms with Crippen LogP contribution in [0, 0.1) is 0 Å². The minimum absolute atomic E-state index is 0. The van der Waals surface area contributed by atoms with Gasteiger partial charge in [0.25, 0.3) is 0 Å². The molecule has 1 aliphatic rings. The van der Waals surface area contributed by atoms with Crippen LogP contribution < -0.4 is 15.5 Å². The van der Waals surface area contributed by atoms with Gasteiger partial charge in [-0.1, -0.05) is 55.5 Å². The molecule has 2 aromatic rings. The van der Waals surface area contributed by atoms with E-state index in [0.717, 1.165) is 31.6 Å². The maximum atomic E-state index is 12.7. The number of hydrogen-bond acceptors (Lipinski definition) is 2. The highest BCUT2D eigenvalue weighted by atomic mass is 127. The molecule has 0 spiro atoms. The number of guanidine groups is 1. The lowest BCUT2D eigenvalue weighted by atomic mass is 10.0. The summed E-state index contributed by atoms with van der Waals surface area (Å²) < 4.78 is 0. The Labute approximate surface area is 184 Å². The van der Waals surface area contributed by atoms with E-state index in [1.165, 1.54) is 11.1 Å². The topological polar surface area (TPSA) is 56.7 Å². The number of rotatable bonds is 5. The number of nitrogens with one attached hydrogen (secondary N) is 2. The van der Waals surface area contributed by atoms with Gasteiger partial charge in [0.05, 0.1) is 6.54 Å². The van der Waals surface area contributed by atoms with Crippen molar-refractivity contribution < 1.29 is 4.79 Å². The summed E-state index contributed by atoms with van der Waals surface area (Å²) in [5, 5.41) is 6.47. The Kier molecular flexibility index (Phi) is 8.76. The molecular formula is C22H29IN4O. The van der Waals surface area contributed by atoms with Crippen molar-refractivity contribution in [3.05, 3.63) is 65.7 Å². The van der Waals surface area contributed by atoms with E-state index in [2.05, 4.69) is 40.7 Å². The number of amides is 1. The molecule has 5 nitrogen and oxygen atoms in total. The third-order valence-electron chi connectivity index (χ3n) is 4.99. The number of nitrogens with zero attached hydrogens (tertiary/aromatic N) is 2. The average molecular weight is 492 g/mol. The second-order valence-electron chi connectivity index (χ2n) is 6.90. The third kappa shape index (κ3) is 5.70. The van der Waals surface area contributed by atoms with Gasteiger partial charge >= 0.3 is 0 Å². The Morgan fingerprint density at radius 1 is 1.11 bits per heavy atom. The van der Waals surface area contributed by atoms with Gasteiger partial charge in [-0.2, -0.15) is 0 Å². The second-order valence-corrected chi connectivity index (χ2v) is 6.90. The number of carbonyl (C=O) groups excluding carboxylic acids is 1. The Morgan fingerprint density at radius 2 is 1.82 bits per heavy atom. The SMILES string of the molecule is CN=C(NCC(=O)N1CCCc2ccccc21)NCC(C)c1ccccc1.I. The van der Waals surface area contributed by atoms with Gasteiger partial charge in [-0.25, -0.2) is 0 Å². The first kappa shape index (κ1) is 22.2. The fourth-order valence-corrected chi connectivity index (χ4v) is 3.42. The zero-order valence-electron chi connectivity index (χ0n) is 16.5. The summed E-state index contributed by atoms with van der Waals surface area (Å²) in [6.07, 6.45) is 2.04. The molecular weight excluding hydrogens is 463 g/mol. The Hall–Kier alpha value is -2.09. The van der Waals surface area contributed by atoms with Crippen LogP contribution in [0.3, 0.4) is 0 Å². The number of fused-ring (bicyclic) bond motifs is 1. The molecule has 0 bridgehead atoms. The number of para-hydroxylation sites is 1. The van der Waals surface area contributed by atoms with Crippen LogP contribution >= 0.6 is 24.0 Å². The average Bonchev–Trinajstić information content (AvgIpc) is 2.73. The van der Waals surface area contributed by atoms with E-state index in [1.54, 1.807) is 7.05 Å². The van der Waals surface area contributed by atoms with Crippen LogP contribution in [0.15, 0.2) is 59.6 Å². The first-order chi connectivity index (χ1) is 13.2. The molecule has 1 atom stereocenters. The smallest absolute Gasteiger partial charge is 0.246 e. The molecule has 1 aliphatic heterocycles. The maximum Gasteiger partial charge on any atom is 0.246 e.